The van der Waals surface area contributed by atoms with Gasteiger partial charge in [-0.15, -0.1) is 0 Å². The number of aliphatic hydroxyl groups excluding tert-OH is 1. The number of hydrogen-bond donors (Lipinski definition) is 1. The molecule has 0 radical (unpaired) electrons. The number of likely N-dealkylation sites (tertiary alicyclic amines) is 1. The number of aliphatic hydroxyl groups is 1. The molecule has 1 N–H and O–H groups in total. The molecule has 1 unspecified atom stereocenters. The maximum atomic E-state index is 12.2. The Bertz CT molecular complexity index is 632. The highest BCUT2D eigenvalue weighted by molar-refractivity contribution is 8.14. The van der Waals surface area contributed by atoms with Gasteiger partial charge in [0, 0.05) is 23.9 Å². The molecule has 0 bridgehead atoms. The van der Waals surface area contributed by atoms with E-state index >= 15 is 0 Å². The van der Waals surface area contributed by atoms with E-state index in [2.05, 4.69) is 4.90 Å². The minimum atomic E-state index is -0.468. The molecule has 0 saturated carbocycles. The normalized spacial score (nSPS) is 19.6. The van der Waals surface area contributed by atoms with Crippen LogP contribution < -0.4 is 0 Å². The van der Waals surface area contributed by atoms with Crippen LogP contribution in [0.25, 0.3) is 0 Å². The van der Waals surface area contributed by atoms with Gasteiger partial charge in [-0.25, -0.2) is 0 Å². The smallest absolute Gasteiger partial charge is 0.219 e. The molecule has 2 aromatic carbocycles. The van der Waals surface area contributed by atoms with E-state index in [1.54, 1.807) is 0 Å². The van der Waals surface area contributed by atoms with Crippen molar-refractivity contribution in [2.24, 2.45) is 0 Å². The number of benzene rings is 2. The van der Waals surface area contributed by atoms with E-state index in [0.717, 1.165) is 30.6 Å². The van der Waals surface area contributed by atoms with Gasteiger partial charge >= 0.3 is 0 Å². The molecule has 23 heavy (non-hydrogen) atoms. The van der Waals surface area contributed by atoms with Crippen LogP contribution in [0.2, 0.25) is 0 Å². The topological polar surface area (TPSA) is 40.5 Å². The van der Waals surface area contributed by atoms with Gasteiger partial charge in [0.15, 0.2) is 0 Å². The molecule has 0 spiro atoms. The third-order valence-electron chi connectivity index (χ3n) is 4.13. The Labute approximate surface area is 141 Å². The lowest BCUT2D eigenvalue weighted by Gasteiger charge is -2.20. The molecule has 0 amide bonds. The predicted octanol–water partition coefficient (Wildman–Crippen LogP) is 3.37. The van der Waals surface area contributed by atoms with Gasteiger partial charge in [0.25, 0.3) is 0 Å². The highest BCUT2D eigenvalue weighted by Gasteiger charge is 2.27. The zero-order chi connectivity index (χ0) is 16.1. The lowest BCUT2D eigenvalue weighted by Crippen LogP contribution is -2.27. The van der Waals surface area contributed by atoms with E-state index < -0.39 is 6.10 Å². The van der Waals surface area contributed by atoms with E-state index in [-0.39, 0.29) is 5.12 Å². The number of nitrogens with zero attached hydrogens (tertiary/aromatic N) is 1. The Hall–Kier alpha value is -1.62. The monoisotopic (exact) mass is 327 g/mol. The van der Waals surface area contributed by atoms with Gasteiger partial charge in [0.2, 0.25) is 5.12 Å². The summed E-state index contributed by atoms with van der Waals surface area (Å²) >= 11 is 1.42. The van der Waals surface area contributed by atoms with Crippen LogP contribution in [-0.2, 0) is 0 Å². The van der Waals surface area contributed by atoms with Crippen molar-refractivity contribution >= 4 is 16.9 Å². The second kappa shape index (κ2) is 7.77. The van der Waals surface area contributed by atoms with Crippen LogP contribution in [-0.4, -0.2) is 40.0 Å². The van der Waals surface area contributed by atoms with Crippen LogP contribution in [0, 0.1) is 0 Å². The summed E-state index contributed by atoms with van der Waals surface area (Å²) in [6.07, 6.45) is 0.523. The molecular weight excluding hydrogens is 306 g/mol. The Morgan fingerprint density at radius 1 is 1.13 bits per heavy atom. The lowest BCUT2D eigenvalue weighted by atomic mass is 10.1. The van der Waals surface area contributed by atoms with Crippen LogP contribution >= 0.6 is 11.8 Å². The SMILES string of the molecule is O=C(SC1CCN(C[C@H](O)c2ccccc2)C1)c1ccccc1. The van der Waals surface area contributed by atoms with Gasteiger partial charge in [-0.3, -0.25) is 9.69 Å². The molecule has 3 rings (SSSR count). The maximum Gasteiger partial charge on any atom is 0.219 e. The fourth-order valence-corrected chi connectivity index (χ4v) is 3.96. The van der Waals surface area contributed by atoms with E-state index in [9.17, 15) is 9.90 Å². The third-order valence-corrected chi connectivity index (χ3v) is 5.30. The Morgan fingerprint density at radius 2 is 1.78 bits per heavy atom. The second-order valence-corrected chi connectivity index (χ2v) is 7.14. The number of carbonyl (C=O) groups excluding carboxylic acids is 1. The van der Waals surface area contributed by atoms with Crippen molar-refractivity contribution in [1.29, 1.82) is 0 Å². The Kier molecular flexibility index (Phi) is 5.49. The van der Waals surface area contributed by atoms with Gasteiger partial charge in [-0.1, -0.05) is 72.4 Å². The fourth-order valence-electron chi connectivity index (χ4n) is 2.88. The molecular formula is C19H21NO2S. The van der Waals surface area contributed by atoms with Crippen LogP contribution in [0.4, 0.5) is 0 Å². The average molecular weight is 327 g/mol. The van der Waals surface area contributed by atoms with Crippen molar-refractivity contribution < 1.29 is 9.90 Å². The van der Waals surface area contributed by atoms with E-state index in [4.69, 9.17) is 0 Å². The standard InChI is InChI=1S/C19H21NO2S/c21-18(15-7-3-1-4-8-15)14-20-12-11-17(13-20)23-19(22)16-9-5-2-6-10-16/h1-10,17-18,21H,11-14H2/t17?,18-/m0/s1. The summed E-state index contributed by atoms with van der Waals surface area (Å²) < 4.78 is 0. The molecule has 1 aliphatic rings. The zero-order valence-corrected chi connectivity index (χ0v) is 13.8. The molecule has 2 aromatic rings. The third kappa shape index (κ3) is 4.44. The Balaban J connectivity index is 1.50. The molecule has 120 valence electrons. The van der Waals surface area contributed by atoms with Gasteiger partial charge < -0.3 is 5.11 Å². The van der Waals surface area contributed by atoms with Crippen molar-refractivity contribution in [1.82, 2.24) is 4.90 Å². The van der Waals surface area contributed by atoms with Crippen molar-refractivity contribution in [3.05, 3.63) is 71.8 Å². The molecule has 0 aromatic heterocycles. The molecule has 4 heteroatoms. The average Bonchev–Trinajstić information content (AvgIpc) is 3.03. The minimum Gasteiger partial charge on any atom is -0.387 e. The first kappa shape index (κ1) is 16.2. The summed E-state index contributed by atoms with van der Waals surface area (Å²) in [7, 11) is 0. The number of hydrogen-bond acceptors (Lipinski definition) is 4. The minimum absolute atomic E-state index is 0.140. The summed E-state index contributed by atoms with van der Waals surface area (Å²) in [5.41, 5.74) is 1.71. The number of β-amino-alcohol motifs (C(OH)–C–C–N with tert-alkyl or cyclic N) is 1. The van der Waals surface area contributed by atoms with Crippen molar-refractivity contribution in [2.75, 3.05) is 19.6 Å². The first-order chi connectivity index (χ1) is 11.2. The molecule has 1 aliphatic heterocycles. The van der Waals surface area contributed by atoms with E-state index in [1.807, 2.05) is 60.7 Å². The Morgan fingerprint density at radius 3 is 2.48 bits per heavy atom. The summed E-state index contributed by atoms with van der Waals surface area (Å²) in [6, 6.07) is 19.2. The van der Waals surface area contributed by atoms with Gasteiger partial charge in [-0.2, -0.15) is 0 Å². The lowest BCUT2D eigenvalue weighted by molar-refractivity contribution is 0.108. The summed E-state index contributed by atoms with van der Waals surface area (Å²) in [6.45, 7) is 2.41. The van der Waals surface area contributed by atoms with E-state index in [1.165, 1.54) is 11.8 Å². The molecule has 1 saturated heterocycles. The van der Waals surface area contributed by atoms with Crippen LogP contribution in [0.3, 0.4) is 0 Å². The number of rotatable bonds is 5. The molecule has 1 heterocycles. The second-order valence-electron chi connectivity index (χ2n) is 5.87. The van der Waals surface area contributed by atoms with Crippen LogP contribution in [0.1, 0.15) is 28.4 Å². The summed E-state index contributed by atoms with van der Waals surface area (Å²) in [4.78, 5) is 14.5. The van der Waals surface area contributed by atoms with Crippen molar-refractivity contribution in [3.8, 4) is 0 Å². The van der Waals surface area contributed by atoms with Crippen LogP contribution in [0.15, 0.2) is 60.7 Å². The summed E-state index contributed by atoms with van der Waals surface area (Å²) in [5.74, 6) is 0. The summed E-state index contributed by atoms with van der Waals surface area (Å²) in [5, 5.41) is 10.8. The van der Waals surface area contributed by atoms with Gasteiger partial charge in [0.1, 0.15) is 0 Å². The van der Waals surface area contributed by atoms with Crippen molar-refractivity contribution in [2.45, 2.75) is 17.8 Å². The predicted molar refractivity (Wildman–Crippen MR) is 94.6 cm³/mol. The van der Waals surface area contributed by atoms with Gasteiger partial charge in [0.05, 0.1) is 6.10 Å². The first-order valence-electron chi connectivity index (χ1n) is 7.94. The molecule has 2 atom stereocenters. The van der Waals surface area contributed by atoms with Crippen molar-refractivity contribution in [3.63, 3.8) is 0 Å². The molecule has 1 fully saturated rings. The van der Waals surface area contributed by atoms with Crippen LogP contribution in [0.5, 0.6) is 0 Å². The maximum absolute atomic E-state index is 12.2. The number of thioether (sulfide) groups is 1. The quantitative estimate of drug-likeness (QED) is 0.914. The largest absolute Gasteiger partial charge is 0.387 e. The fraction of sp³-hybridized carbons (Fsp3) is 0.316. The zero-order valence-electron chi connectivity index (χ0n) is 13.0. The van der Waals surface area contributed by atoms with E-state index in [0.29, 0.717) is 11.8 Å². The molecule has 0 aliphatic carbocycles. The highest BCUT2D eigenvalue weighted by Crippen LogP contribution is 2.27. The first-order valence-corrected chi connectivity index (χ1v) is 8.82. The number of carbonyl (C=O) groups is 1. The highest BCUT2D eigenvalue weighted by atomic mass is 32.2. The molecule has 3 nitrogen and oxygen atoms in total. The van der Waals surface area contributed by atoms with Gasteiger partial charge in [-0.05, 0) is 18.5 Å².